The topological polar surface area (TPSA) is 35.6 Å². The number of rotatable bonds is 4. The molecule has 0 radical (unpaired) electrons. The van der Waals surface area contributed by atoms with Gasteiger partial charge in [-0.3, -0.25) is 4.79 Å². The highest BCUT2D eigenvalue weighted by atomic mass is 16.2. The molecule has 2 atom stereocenters. The summed E-state index contributed by atoms with van der Waals surface area (Å²) in [4.78, 5) is 15.4. The molecule has 4 heteroatoms. The molecule has 2 unspecified atom stereocenters. The van der Waals surface area contributed by atoms with Crippen LogP contribution in [-0.2, 0) is 4.79 Å². The van der Waals surface area contributed by atoms with Gasteiger partial charge in [-0.1, -0.05) is 12.1 Å². The normalized spacial score (nSPS) is 20.9. The Hall–Kier alpha value is -1.55. The van der Waals surface area contributed by atoms with Crippen molar-refractivity contribution in [2.75, 3.05) is 32.6 Å². The minimum Gasteiger partial charge on any atom is -0.378 e. The van der Waals surface area contributed by atoms with Crippen LogP contribution in [0.25, 0.3) is 0 Å². The number of piperidine rings is 1. The Labute approximate surface area is 121 Å². The van der Waals surface area contributed by atoms with Gasteiger partial charge >= 0.3 is 0 Å². The Morgan fingerprint density at radius 3 is 2.50 bits per heavy atom. The average molecular weight is 275 g/mol. The molecule has 2 rings (SSSR count). The van der Waals surface area contributed by atoms with E-state index >= 15 is 0 Å². The zero-order chi connectivity index (χ0) is 14.7. The predicted molar refractivity (Wildman–Crippen MR) is 83.0 cm³/mol. The van der Waals surface area contributed by atoms with E-state index in [0.29, 0.717) is 18.5 Å². The fourth-order valence-electron chi connectivity index (χ4n) is 2.66. The van der Waals surface area contributed by atoms with Gasteiger partial charge in [0.25, 0.3) is 0 Å². The zero-order valence-corrected chi connectivity index (χ0v) is 12.9. The standard InChI is InChI=1S/C16H25N3O/c1-12(13-5-8-15(9-6-13)18(2)3)17-14-7-10-16(20)19(4)11-14/h5-6,8-9,12,14,17H,7,10-11H2,1-4H3. The van der Waals surface area contributed by atoms with Gasteiger partial charge in [-0.2, -0.15) is 0 Å². The molecule has 1 aliphatic rings. The van der Waals surface area contributed by atoms with Crippen molar-refractivity contribution in [3.05, 3.63) is 29.8 Å². The zero-order valence-electron chi connectivity index (χ0n) is 12.9. The third kappa shape index (κ3) is 3.51. The first-order chi connectivity index (χ1) is 9.47. The van der Waals surface area contributed by atoms with Crippen molar-refractivity contribution in [2.45, 2.75) is 31.8 Å². The highest BCUT2D eigenvalue weighted by Crippen LogP contribution is 2.20. The van der Waals surface area contributed by atoms with E-state index in [1.165, 1.54) is 11.3 Å². The van der Waals surface area contributed by atoms with Crippen LogP contribution in [-0.4, -0.2) is 44.5 Å². The second-order valence-electron chi connectivity index (χ2n) is 5.88. The first-order valence-electron chi connectivity index (χ1n) is 7.24. The lowest BCUT2D eigenvalue weighted by Gasteiger charge is -2.32. The maximum atomic E-state index is 11.5. The number of carbonyl (C=O) groups is 1. The van der Waals surface area contributed by atoms with Crippen LogP contribution in [0.1, 0.15) is 31.4 Å². The average Bonchev–Trinajstić information content (AvgIpc) is 2.43. The number of hydrogen-bond acceptors (Lipinski definition) is 3. The first kappa shape index (κ1) is 14.9. The molecular formula is C16H25N3O. The molecule has 110 valence electrons. The Kier molecular flexibility index (Phi) is 4.65. The Bertz CT molecular complexity index is 455. The largest absolute Gasteiger partial charge is 0.378 e. The van der Waals surface area contributed by atoms with E-state index in [9.17, 15) is 4.79 Å². The van der Waals surface area contributed by atoms with Crippen LogP contribution in [0.3, 0.4) is 0 Å². The summed E-state index contributed by atoms with van der Waals surface area (Å²) in [5, 5.41) is 3.63. The van der Waals surface area contributed by atoms with Gasteiger partial charge in [-0.25, -0.2) is 0 Å². The molecule has 20 heavy (non-hydrogen) atoms. The van der Waals surface area contributed by atoms with E-state index in [-0.39, 0.29) is 5.91 Å². The molecule has 1 aromatic rings. The maximum Gasteiger partial charge on any atom is 0.222 e. The number of carbonyl (C=O) groups excluding carboxylic acids is 1. The Balaban J connectivity index is 1.94. The monoisotopic (exact) mass is 275 g/mol. The number of hydrogen-bond donors (Lipinski definition) is 1. The first-order valence-corrected chi connectivity index (χ1v) is 7.24. The lowest BCUT2D eigenvalue weighted by molar-refractivity contribution is -0.132. The summed E-state index contributed by atoms with van der Waals surface area (Å²) >= 11 is 0. The molecule has 1 aromatic carbocycles. The highest BCUT2D eigenvalue weighted by Gasteiger charge is 2.23. The molecule has 4 nitrogen and oxygen atoms in total. The van der Waals surface area contributed by atoms with Crippen LogP contribution in [0.2, 0.25) is 0 Å². The molecule has 0 bridgehead atoms. The third-order valence-corrected chi connectivity index (χ3v) is 4.02. The van der Waals surface area contributed by atoms with Gasteiger partial charge < -0.3 is 15.1 Å². The van der Waals surface area contributed by atoms with Crippen LogP contribution < -0.4 is 10.2 Å². The summed E-state index contributed by atoms with van der Waals surface area (Å²) in [7, 11) is 5.98. The van der Waals surface area contributed by atoms with Gasteiger partial charge in [0.15, 0.2) is 0 Å². The molecule has 1 fully saturated rings. The highest BCUT2D eigenvalue weighted by molar-refractivity contribution is 5.76. The van der Waals surface area contributed by atoms with Crippen molar-refractivity contribution in [1.82, 2.24) is 10.2 Å². The van der Waals surface area contributed by atoms with Crippen molar-refractivity contribution in [3.63, 3.8) is 0 Å². The van der Waals surface area contributed by atoms with E-state index in [0.717, 1.165) is 13.0 Å². The fraction of sp³-hybridized carbons (Fsp3) is 0.562. The van der Waals surface area contributed by atoms with Crippen molar-refractivity contribution in [1.29, 1.82) is 0 Å². The summed E-state index contributed by atoms with van der Waals surface area (Å²) in [6.07, 6.45) is 1.59. The summed E-state index contributed by atoms with van der Waals surface area (Å²) in [5.41, 5.74) is 2.50. The van der Waals surface area contributed by atoms with Gasteiger partial charge in [0.2, 0.25) is 5.91 Å². The minimum atomic E-state index is 0.256. The fourth-order valence-corrected chi connectivity index (χ4v) is 2.66. The maximum absolute atomic E-state index is 11.5. The number of likely N-dealkylation sites (N-methyl/N-ethyl adjacent to an activating group) is 1. The van der Waals surface area contributed by atoms with E-state index in [1.54, 1.807) is 0 Å². The van der Waals surface area contributed by atoms with Crippen LogP contribution in [0.4, 0.5) is 5.69 Å². The molecule has 0 saturated carbocycles. The summed E-state index contributed by atoms with van der Waals surface area (Å²) in [6.45, 7) is 2.99. The van der Waals surface area contributed by atoms with Crippen molar-refractivity contribution in [2.24, 2.45) is 0 Å². The number of benzene rings is 1. The van der Waals surface area contributed by atoms with Crippen molar-refractivity contribution < 1.29 is 4.79 Å². The number of amides is 1. The van der Waals surface area contributed by atoms with Gasteiger partial charge in [0.1, 0.15) is 0 Å². The smallest absolute Gasteiger partial charge is 0.222 e. The van der Waals surface area contributed by atoms with E-state index in [2.05, 4.69) is 41.4 Å². The van der Waals surface area contributed by atoms with Crippen LogP contribution in [0.15, 0.2) is 24.3 Å². The number of nitrogens with zero attached hydrogens (tertiary/aromatic N) is 2. The Morgan fingerprint density at radius 2 is 1.95 bits per heavy atom. The van der Waals surface area contributed by atoms with Gasteiger partial charge in [0.05, 0.1) is 0 Å². The molecule has 1 amide bonds. The van der Waals surface area contributed by atoms with E-state index in [4.69, 9.17) is 0 Å². The number of anilines is 1. The van der Waals surface area contributed by atoms with E-state index < -0.39 is 0 Å². The van der Waals surface area contributed by atoms with Gasteiger partial charge in [0, 0.05) is 51.9 Å². The SMILES string of the molecule is CC(NC1CCC(=O)N(C)C1)c1ccc(N(C)C)cc1. The molecule has 0 aliphatic carbocycles. The molecule has 0 spiro atoms. The second kappa shape index (κ2) is 6.27. The van der Waals surface area contributed by atoms with E-state index in [1.807, 2.05) is 26.0 Å². The van der Waals surface area contributed by atoms with Gasteiger partial charge in [-0.05, 0) is 31.0 Å². The number of likely N-dealkylation sites (tertiary alicyclic amines) is 1. The second-order valence-corrected chi connectivity index (χ2v) is 5.88. The van der Waals surface area contributed by atoms with Crippen molar-refractivity contribution >= 4 is 11.6 Å². The van der Waals surface area contributed by atoms with Crippen LogP contribution in [0, 0.1) is 0 Å². The van der Waals surface area contributed by atoms with Crippen LogP contribution in [0.5, 0.6) is 0 Å². The van der Waals surface area contributed by atoms with Crippen LogP contribution >= 0.6 is 0 Å². The van der Waals surface area contributed by atoms with Crippen molar-refractivity contribution in [3.8, 4) is 0 Å². The van der Waals surface area contributed by atoms with Gasteiger partial charge in [-0.15, -0.1) is 0 Å². The molecule has 1 saturated heterocycles. The predicted octanol–water partition coefficient (Wildman–Crippen LogP) is 2.02. The summed E-state index contributed by atoms with van der Waals surface area (Å²) in [6, 6.07) is 9.32. The quantitative estimate of drug-likeness (QED) is 0.913. The Morgan fingerprint density at radius 1 is 1.30 bits per heavy atom. The molecule has 0 aromatic heterocycles. The minimum absolute atomic E-state index is 0.256. The summed E-state index contributed by atoms with van der Waals surface area (Å²) in [5.74, 6) is 0.256. The summed E-state index contributed by atoms with van der Waals surface area (Å²) < 4.78 is 0. The molecule has 1 N–H and O–H groups in total. The molecule has 1 aliphatic heterocycles. The lowest BCUT2D eigenvalue weighted by Crippen LogP contribution is -2.47. The number of nitrogens with one attached hydrogen (secondary N) is 1. The lowest BCUT2D eigenvalue weighted by atomic mass is 10.0. The molecule has 1 heterocycles. The molecular weight excluding hydrogens is 250 g/mol. The third-order valence-electron chi connectivity index (χ3n) is 4.02.